The van der Waals surface area contributed by atoms with Gasteiger partial charge in [-0.05, 0) is 12.3 Å². The molecule has 6 heteroatoms. The number of hydrogen-bond donors (Lipinski definition) is 1. The largest absolute Gasteiger partial charge is 0.338 e. The van der Waals surface area contributed by atoms with Crippen LogP contribution in [0, 0.1) is 5.92 Å². The Morgan fingerprint density at radius 2 is 2.00 bits per heavy atom. The number of carbonyl (C=O) groups is 1. The van der Waals surface area contributed by atoms with E-state index in [0.717, 1.165) is 6.42 Å². The van der Waals surface area contributed by atoms with Crippen LogP contribution in [-0.2, 0) is 4.79 Å². The van der Waals surface area contributed by atoms with Crippen LogP contribution in [0.1, 0.15) is 27.2 Å². The van der Waals surface area contributed by atoms with E-state index in [1.807, 2.05) is 20.8 Å². The van der Waals surface area contributed by atoms with Gasteiger partial charge in [-0.15, -0.1) is 0 Å². The minimum atomic E-state index is -2.32. The molecule has 1 saturated heterocycles. The van der Waals surface area contributed by atoms with Crippen LogP contribution in [0.3, 0.4) is 0 Å². The topological polar surface area (TPSA) is 49.6 Å². The van der Waals surface area contributed by atoms with E-state index < -0.39 is 12.5 Å². The van der Waals surface area contributed by atoms with Crippen LogP contribution >= 0.6 is 0 Å². The van der Waals surface area contributed by atoms with Crippen molar-refractivity contribution in [2.45, 2.75) is 45.7 Å². The summed E-state index contributed by atoms with van der Waals surface area (Å²) in [5.41, 5.74) is 5.87. The summed E-state index contributed by atoms with van der Waals surface area (Å²) < 4.78 is 25.0. The first-order valence-electron chi connectivity index (χ1n) is 6.93. The molecule has 1 heterocycles. The first-order chi connectivity index (χ1) is 8.86. The van der Waals surface area contributed by atoms with Gasteiger partial charge in [0.1, 0.15) is 0 Å². The Balaban J connectivity index is 2.61. The second-order valence-electron chi connectivity index (χ2n) is 5.50. The summed E-state index contributed by atoms with van der Waals surface area (Å²) in [6.07, 6.45) is -1.57. The van der Waals surface area contributed by atoms with Crippen LogP contribution in [0.4, 0.5) is 8.78 Å². The van der Waals surface area contributed by atoms with Gasteiger partial charge in [0, 0.05) is 25.7 Å². The molecular formula is C13H25F2N3O. The maximum Gasteiger partial charge on any atom is 0.251 e. The summed E-state index contributed by atoms with van der Waals surface area (Å²) in [4.78, 5) is 15.7. The molecule has 112 valence electrons. The second kappa shape index (κ2) is 7.14. The predicted octanol–water partition coefficient (Wildman–Crippen LogP) is 1.16. The van der Waals surface area contributed by atoms with Gasteiger partial charge < -0.3 is 10.6 Å². The zero-order valence-corrected chi connectivity index (χ0v) is 12.0. The summed E-state index contributed by atoms with van der Waals surface area (Å²) in [5, 5.41) is 0. The highest BCUT2D eigenvalue weighted by atomic mass is 19.3. The van der Waals surface area contributed by atoms with Gasteiger partial charge in [0.15, 0.2) is 0 Å². The molecule has 0 radical (unpaired) electrons. The fourth-order valence-electron chi connectivity index (χ4n) is 2.39. The number of alkyl halides is 2. The minimum absolute atomic E-state index is 0.00561. The zero-order chi connectivity index (χ0) is 14.6. The Labute approximate surface area is 113 Å². The van der Waals surface area contributed by atoms with Crippen molar-refractivity contribution in [1.29, 1.82) is 0 Å². The SMILES string of the molecule is CCC1CN(C(=O)[C@@H](N)C(C)C)CCN1CC(F)F. The van der Waals surface area contributed by atoms with Crippen LogP contribution in [-0.4, -0.2) is 60.4 Å². The molecule has 0 aromatic rings. The second-order valence-corrected chi connectivity index (χ2v) is 5.50. The lowest BCUT2D eigenvalue weighted by Crippen LogP contribution is -2.58. The Morgan fingerprint density at radius 3 is 2.47 bits per heavy atom. The average Bonchev–Trinajstić information content (AvgIpc) is 2.36. The third-order valence-corrected chi connectivity index (χ3v) is 3.76. The van der Waals surface area contributed by atoms with Crippen molar-refractivity contribution in [3.05, 3.63) is 0 Å². The van der Waals surface area contributed by atoms with E-state index in [1.165, 1.54) is 0 Å². The number of nitrogens with two attached hydrogens (primary N) is 1. The first kappa shape index (κ1) is 16.3. The Kier molecular flexibility index (Phi) is 6.13. The molecule has 0 bridgehead atoms. The zero-order valence-electron chi connectivity index (χ0n) is 12.0. The maximum atomic E-state index is 12.5. The summed E-state index contributed by atoms with van der Waals surface area (Å²) in [7, 11) is 0. The Morgan fingerprint density at radius 1 is 1.37 bits per heavy atom. The van der Waals surface area contributed by atoms with E-state index in [1.54, 1.807) is 9.80 Å². The van der Waals surface area contributed by atoms with Crippen molar-refractivity contribution in [2.75, 3.05) is 26.2 Å². The van der Waals surface area contributed by atoms with Gasteiger partial charge in [-0.25, -0.2) is 8.78 Å². The van der Waals surface area contributed by atoms with E-state index in [-0.39, 0.29) is 24.4 Å². The van der Waals surface area contributed by atoms with Crippen LogP contribution in [0.15, 0.2) is 0 Å². The lowest BCUT2D eigenvalue weighted by atomic mass is 10.0. The summed E-state index contributed by atoms with van der Waals surface area (Å²) in [6.45, 7) is 7.06. The van der Waals surface area contributed by atoms with Gasteiger partial charge >= 0.3 is 0 Å². The van der Waals surface area contributed by atoms with Gasteiger partial charge in [0.05, 0.1) is 12.6 Å². The van der Waals surface area contributed by atoms with E-state index in [4.69, 9.17) is 5.73 Å². The van der Waals surface area contributed by atoms with Crippen molar-refractivity contribution >= 4 is 5.91 Å². The highest BCUT2D eigenvalue weighted by molar-refractivity contribution is 5.82. The standard InChI is InChI=1S/C13H25F2N3O/c1-4-10-7-18(13(19)12(16)9(2)3)6-5-17(10)8-11(14)15/h9-12H,4-8,16H2,1-3H3/t10?,12-/m0/s1. The molecule has 0 saturated carbocycles. The Hall–Kier alpha value is -0.750. The molecule has 0 aromatic carbocycles. The fraction of sp³-hybridized carbons (Fsp3) is 0.923. The third-order valence-electron chi connectivity index (χ3n) is 3.76. The molecular weight excluding hydrogens is 252 g/mol. The van der Waals surface area contributed by atoms with Gasteiger partial charge in [-0.2, -0.15) is 0 Å². The van der Waals surface area contributed by atoms with E-state index >= 15 is 0 Å². The Bertz CT molecular complexity index is 300. The number of carbonyl (C=O) groups excluding carboxylic acids is 1. The number of halogens is 2. The summed E-state index contributed by atoms with van der Waals surface area (Å²) in [6, 6.07) is -0.495. The number of hydrogen-bond acceptors (Lipinski definition) is 3. The normalized spacial score (nSPS) is 23.2. The smallest absolute Gasteiger partial charge is 0.251 e. The molecule has 1 aliphatic heterocycles. The molecule has 1 aliphatic rings. The lowest BCUT2D eigenvalue weighted by Gasteiger charge is -2.42. The predicted molar refractivity (Wildman–Crippen MR) is 71.0 cm³/mol. The molecule has 4 nitrogen and oxygen atoms in total. The van der Waals surface area contributed by atoms with E-state index in [2.05, 4.69) is 0 Å². The fourth-order valence-corrected chi connectivity index (χ4v) is 2.39. The van der Waals surface area contributed by atoms with Gasteiger partial charge in [0.2, 0.25) is 5.91 Å². The number of amides is 1. The molecule has 2 N–H and O–H groups in total. The summed E-state index contributed by atoms with van der Waals surface area (Å²) in [5.74, 6) is 0.0248. The van der Waals surface area contributed by atoms with E-state index in [0.29, 0.717) is 19.6 Å². The third kappa shape index (κ3) is 4.38. The number of nitrogens with zero attached hydrogens (tertiary/aromatic N) is 2. The van der Waals surface area contributed by atoms with Crippen LogP contribution in [0.25, 0.3) is 0 Å². The van der Waals surface area contributed by atoms with Crippen LogP contribution < -0.4 is 5.73 Å². The molecule has 1 amide bonds. The highest BCUT2D eigenvalue weighted by Crippen LogP contribution is 2.16. The molecule has 1 rings (SSSR count). The molecule has 0 aromatic heterocycles. The average molecular weight is 277 g/mol. The number of rotatable bonds is 5. The molecule has 2 atom stereocenters. The summed E-state index contributed by atoms with van der Waals surface area (Å²) >= 11 is 0. The van der Waals surface area contributed by atoms with Crippen molar-refractivity contribution in [3.63, 3.8) is 0 Å². The van der Waals surface area contributed by atoms with Crippen molar-refractivity contribution < 1.29 is 13.6 Å². The molecule has 1 fully saturated rings. The minimum Gasteiger partial charge on any atom is -0.338 e. The van der Waals surface area contributed by atoms with Gasteiger partial charge in [0.25, 0.3) is 6.43 Å². The van der Waals surface area contributed by atoms with E-state index in [9.17, 15) is 13.6 Å². The molecule has 1 unspecified atom stereocenters. The van der Waals surface area contributed by atoms with Gasteiger partial charge in [-0.1, -0.05) is 20.8 Å². The number of piperazine rings is 1. The van der Waals surface area contributed by atoms with Crippen LogP contribution in [0.5, 0.6) is 0 Å². The monoisotopic (exact) mass is 277 g/mol. The molecule has 0 spiro atoms. The van der Waals surface area contributed by atoms with Gasteiger partial charge in [-0.3, -0.25) is 9.69 Å². The van der Waals surface area contributed by atoms with Crippen LogP contribution in [0.2, 0.25) is 0 Å². The first-order valence-corrected chi connectivity index (χ1v) is 6.93. The van der Waals surface area contributed by atoms with Crippen molar-refractivity contribution in [1.82, 2.24) is 9.80 Å². The quantitative estimate of drug-likeness (QED) is 0.820. The van der Waals surface area contributed by atoms with Crippen molar-refractivity contribution in [3.8, 4) is 0 Å². The molecule has 0 aliphatic carbocycles. The molecule has 19 heavy (non-hydrogen) atoms. The van der Waals surface area contributed by atoms with Crippen molar-refractivity contribution in [2.24, 2.45) is 11.7 Å². The lowest BCUT2D eigenvalue weighted by molar-refractivity contribution is -0.137. The maximum absolute atomic E-state index is 12.5. The highest BCUT2D eigenvalue weighted by Gasteiger charge is 2.32.